The number of pyridine rings is 1. The van der Waals surface area contributed by atoms with Gasteiger partial charge in [-0.05, 0) is 63.5 Å². The van der Waals surface area contributed by atoms with Crippen molar-refractivity contribution in [2.75, 3.05) is 20.1 Å². The fourth-order valence-corrected chi connectivity index (χ4v) is 5.07. The number of carbonyl (C=O) groups excluding carboxylic acids is 1. The maximum Gasteiger partial charge on any atom is 0.230 e. The van der Waals surface area contributed by atoms with Crippen LogP contribution in [0.2, 0.25) is 0 Å². The number of hydrogen-bond donors (Lipinski definition) is 1. The average Bonchev–Trinajstić information content (AvgIpc) is 3.15. The predicted molar refractivity (Wildman–Crippen MR) is 123 cm³/mol. The van der Waals surface area contributed by atoms with Crippen LogP contribution in [-0.4, -0.2) is 56.7 Å². The molecular weight excluding hydrogens is 400 g/mol. The summed E-state index contributed by atoms with van der Waals surface area (Å²) in [4.78, 5) is 20.2. The van der Waals surface area contributed by atoms with Crippen LogP contribution in [0.15, 0.2) is 54.9 Å². The number of nitrogens with one attached hydrogen (secondary N) is 1. The fourth-order valence-electron chi connectivity index (χ4n) is 5.07. The summed E-state index contributed by atoms with van der Waals surface area (Å²) in [6.07, 6.45) is 7.82. The van der Waals surface area contributed by atoms with Crippen molar-refractivity contribution in [2.24, 2.45) is 0 Å². The lowest BCUT2D eigenvalue weighted by atomic mass is 9.72. The van der Waals surface area contributed by atoms with Crippen LogP contribution in [0.3, 0.4) is 0 Å². The summed E-state index contributed by atoms with van der Waals surface area (Å²) in [6, 6.07) is 14.4. The van der Waals surface area contributed by atoms with E-state index in [4.69, 9.17) is 0 Å². The molecule has 2 aliphatic rings. The number of piperidine rings is 1. The van der Waals surface area contributed by atoms with Crippen LogP contribution in [-0.2, 0) is 23.2 Å². The molecule has 1 fully saturated rings. The lowest BCUT2D eigenvalue weighted by molar-refractivity contribution is -0.129. The molecule has 1 unspecified atom stereocenters. The van der Waals surface area contributed by atoms with Gasteiger partial charge in [0.25, 0.3) is 0 Å². The summed E-state index contributed by atoms with van der Waals surface area (Å²) < 4.78 is 2.20. The second kappa shape index (κ2) is 8.82. The van der Waals surface area contributed by atoms with Gasteiger partial charge in [-0.3, -0.25) is 9.78 Å². The first-order valence-electron chi connectivity index (χ1n) is 11.5. The van der Waals surface area contributed by atoms with E-state index in [0.29, 0.717) is 0 Å². The molecule has 1 N–H and O–H groups in total. The summed E-state index contributed by atoms with van der Waals surface area (Å²) in [5.41, 5.74) is 1.71. The molecule has 0 spiro atoms. The summed E-state index contributed by atoms with van der Waals surface area (Å²) in [5.74, 6) is 2.05. The minimum Gasteiger partial charge on any atom is -0.353 e. The molecule has 0 saturated carbocycles. The zero-order valence-electron chi connectivity index (χ0n) is 18.6. The van der Waals surface area contributed by atoms with Crippen molar-refractivity contribution in [1.82, 2.24) is 30.0 Å². The lowest BCUT2D eigenvalue weighted by Crippen LogP contribution is -2.53. The largest absolute Gasteiger partial charge is 0.353 e. The smallest absolute Gasteiger partial charge is 0.230 e. The Bertz CT molecular complexity index is 1060. The number of likely N-dealkylation sites (tertiary alicyclic amines) is 1. The van der Waals surface area contributed by atoms with Crippen molar-refractivity contribution < 1.29 is 4.79 Å². The molecule has 4 heterocycles. The first kappa shape index (κ1) is 20.8. The molecule has 0 bridgehead atoms. The van der Waals surface area contributed by atoms with Crippen LogP contribution in [0.5, 0.6) is 0 Å². The van der Waals surface area contributed by atoms with Gasteiger partial charge >= 0.3 is 0 Å². The third-order valence-electron chi connectivity index (χ3n) is 7.12. The molecule has 3 aromatic rings. The summed E-state index contributed by atoms with van der Waals surface area (Å²) in [5, 5.41) is 12.3. The van der Waals surface area contributed by atoms with E-state index in [9.17, 15) is 4.79 Å². The molecule has 7 heteroatoms. The zero-order chi connectivity index (χ0) is 22.0. The zero-order valence-corrected chi connectivity index (χ0v) is 18.6. The van der Waals surface area contributed by atoms with E-state index in [0.717, 1.165) is 74.5 Å². The minimum atomic E-state index is -0.447. The number of nitrogens with zero attached hydrogens (tertiary/aromatic N) is 5. The van der Waals surface area contributed by atoms with Crippen LogP contribution in [0, 0.1) is 0 Å². The standard InChI is InChI=1S/C25H30N6O/c1-30-17-12-25(13-18-30,20-5-3-2-4-6-20)24(32)27-21-7-8-22-28-29-23(31(22)16-11-21)19-9-14-26-15-10-19/h2-6,9-10,14-15,21H,7-8,11-13,16-18H2,1H3,(H,27,32). The van der Waals surface area contributed by atoms with Crippen molar-refractivity contribution in [1.29, 1.82) is 0 Å². The highest BCUT2D eigenvalue weighted by molar-refractivity contribution is 5.88. The molecule has 2 aliphatic heterocycles. The summed E-state index contributed by atoms with van der Waals surface area (Å²) >= 11 is 0. The van der Waals surface area contributed by atoms with Crippen LogP contribution < -0.4 is 5.32 Å². The van der Waals surface area contributed by atoms with Gasteiger partial charge in [-0.2, -0.15) is 0 Å². The van der Waals surface area contributed by atoms with E-state index in [1.165, 1.54) is 0 Å². The van der Waals surface area contributed by atoms with Gasteiger partial charge < -0.3 is 14.8 Å². The highest BCUT2D eigenvalue weighted by atomic mass is 16.2. The van der Waals surface area contributed by atoms with Gasteiger partial charge in [-0.15, -0.1) is 10.2 Å². The van der Waals surface area contributed by atoms with Crippen LogP contribution in [0.4, 0.5) is 0 Å². The highest BCUT2D eigenvalue weighted by Crippen LogP contribution is 2.36. The number of carbonyl (C=O) groups is 1. The maximum atomic E-state index is 13.7. The lowest BCUT2D eigenvalue weighted by Gasteiger charge is -2.40. The van der Waals surface area contributed by atoms with E-state index >= 15 is 0 Å². The summed E-state index contributed by atoms with van der Waals surface area (Å²) in [7, 11) is 2.13. The topological polar surface area (TPSA) is 75.9 Å². The third kappa shape index (κ3) is 3.93. The van der Waals surface area contributed by atoms with Gasteiger partial charge in [0, 0.05) is 37.0 Å². The predicted octanol–water partition coefficient (Wildman–Crippen LogP) is 2.82. The Hall–Kier alpha value is -3.06. The number of amides is 1. The number of aromatic nitrogens is 4. The van der Waals surface area contributed by atoms with Gasteiger partial charge in [0.2, 0.25) is 5.91 Å². The first-order chi connectivity index (χ1) is 15.7. The first-order valence-corrected chi connectivity index (χ1v) is 11.5. The number of aryl methyl sites for hydroxylation is 1. The van der Waals surface area contributed by atoms with Crippen molar-refractivity contribution in [3.8, 4) is 11.4 Å². The quantitative estimate of drug-likeness (QED) is 0.689. The Kier molecular flexibility index (Phi) is 5.74. The van der Waals surface area contributed by atoms with Crippen LogP contribution in [0.25, 0.3) is 11.4 Å². The molecule has 1 aromatic carbocycles. The van der Waals surface area contributed by atoms with Crippen molar-refractivity contribution in [2.45, 2.75) is 50.1 Å². The van der Waals surface area contributed by atoms with E-state index in [1.807, 2.05) is 30.3 Å². The van der Waals surface area contributed by atoms with Crippen molar-refractivity contribution >= 4 is 5.91 Å². The van der Waals surface area contributed by atoms with E-state index in [1.54, 1.807) is 12.4 Å². The molecule has 166 valence electrons. The Morgan fingerprint density at radius 3 is 2.50 bits per heavy atom. The second-order valence-corrected chi connectivity index (χ2v) is 9.08. The van der Waals surface area contributed by atoms with Gasteiger partial charge in [0.15, 0.2) is 5.82 Å². The van der Waals surface area contributed by atoms with Gasteiger partial charge in [0.05, 0.1) is 5.41 Å². The maximum absolute atomic E-state index is 13.7. The monoisotopic (exact) mass is 430 g/mol. The molecule has 5 rings (SSSR count). The molecule has 32 heavy (non-hydrogen) atoms. The van der Waals surface area contributed by atoms with Crippen LogP contribution >= 0.6 is 0 Å². The SMILES string of the molecule is CN1CCC(C(=O)NC2CCc3nnc(-c4ccncc4)n3CC2)(c2ccccc2)CC1. The van der Waals surface area contributed by atoms with Gasteiger partial charge in [-0.25, -0.2) is 0 Å². The van der Waals surface area contributed by atoms with Gasteiger partial charge in [-0.1, -0.05) is 30.3 Å². The Balaban J connectivity index is 1.33. The number of benzene rings is 1. The Morgan fingerprint density at radius 1 is 1.00 bits per heavy atom. The number of hydrogen-bond acceptors (Lipinski definition) is 5. The normalized spacial score (nSPS) is 20.8. The Morgan fingerprint density at radius 2 is 1.75 bits per heavy atom. The van der Waals surface area contributed by atoms with E-state index in [-0.39, 0.29) is 11.9 Å². The van der Waals surface area contributed by atoms with Crippen LogP contribution in [0.1, 0.15) is 37.1 Å². The van der Waals surface area contributed by atoms with Crippen molar-refractivity contribution in [3.63, 3.8) is 0 Å². The van der Waals surface area contributed by atoms with Crippen molar-refractivity contribution in [3.05, 3.63) is 66.2 Å². The Labute approximate surface area is 188 Å². The molecule has 1 atom stereocenters. The molecule has 7 nitrogen and oxygen atoms in total. The minimum absolute atomic E-state index is 0.134. The number of fused-ring (bicyclic) bond motifs is 1. The molecule has 0 aliphatic carbocycles. The average molecular weight is 431 g/mol. The van der Waals surface area contributed by atoms with Gasteiger partial charge in [0.1, 0.15) is 5.82 Å². The molecule has 1 saturated heterocycles. The molecule has 0 radical (unpaired) electrons. The third-order valence-corrected chi connectivity index (χ3v) is 7.12. The molecular formula is C25H30N6O. The molecule has 1 amide bonds. The fraction of sp³-hybridized carbons (Fsp3) is 0.440. The second-order valence-electron chi connectivity index (χ2n) is 9.08. The number of rotatable bonds is 4. The highest BCUT2D eigenvalue weighted by Gasteiger charge is 2.43. The van der Waals surface area contributed by atoms with E-state index in [2.05, 4.69) is 49.1 Å². The van der Waals surface area contributed by atoms with E-state index < -0.39 is 5.41 Å². The molecule has 2 aromatic heterocycles. The summed E-state index contributed by atoms with van der Waals surface area (Å²) in [6.45, 7) is 2.67.